The summed E-state index contributed by atoms with van der Waals surface area (Å²) >= 11 is 0. The lowest BCUT2D eigenvalue weighted by atomic mass is 9.91. The third-order valence-corrected chi connectivity index (χ3v) is 15.1. The number of benzene rings is 8. The number of anilines is 2. The zero-order chi connectivity index (χ0) is 51.2. The Kier molecular flexibility index (Phi) is 13.4. The van der Waals surface area contributed by atoms with Crippen LogP contribution in [0.4, 0.5) is 11.4 Å². The Bertz CT molecular complexity index is 3990. The smallest absolute Gasteiger partial charge is 0.295 e. The van der Waals surface area contributed by atoms with Crippen molar-refractivity contribution in [2.24, 2.45) is 0 Å². The second-order valence-electron chi connectivity index (χ2n) is 16.3. The average molecular weight is 1040 g/mol. The number of Topliss-reactive ketones (excluding diaryl/α,β-unsaturated/α-hetero) is 1. The van der Waals surface area contributed by atoms with E-state index in [9.17, 15) is 66.3 Å². The summed E-state index contributed by atoms with van der Waals surface area (Å²) in [7, 11) is -19.6. The van der Waals surface area contributed by atoms with Crippen LogP contribution in [0, 0.1) is 6.92 Å². The number of ketones is 1. The molecular weight excluding hydrogens is 997 g/mol. The molecular formula is C50H38N2O15S4. The van der Waals surface area contributed by atoms with Gasteiger partial charge in [-0.15, -0.1) is 0 Å². The molecule has 8 aromatic carbocycles. The minimum Gasteiger partial charge on any atom is -0.321 e. The number of rotatable bonds is 14. The van der Waals surface area contributed by atoms with E-state index in [4.69, 9.17) is 0 Å². The van der Waals surface area contributed by atoms with Crippen LogP contribution in [-0.4, -0.2) is 69.5 Å². The lowest BCUT2D eigenvalue weighted by molar-refractivity contribution is -0.117. The molecule has 0 fully saturated rings. The molecule has 21 heteroatoms. The van der Waals surface area contributed by atoms with Gasteiger partial charge in [0.2, 0.25) is 0 Å². The van der Waals surface area contributed by atoms with E-state index in [0.29, 0.717) is 33.4 Å². The summed E-state index contributed by atoms with van der Waals surface area (Å²) in [6, 6.07) is 37.0. The molecule has 2 amide bonds. The van der Waals surface area contributed by atoms with Crippen LogP contribution in [0.25, 0.3) is 43.8 Å². The minimum atomic E-state index is -4.94. The summed E-state index contributed by atoms with van der Waals surface area (Å²) in [6.45, 7) is 1.46. The first kappa shape index (κ1) is 49.9. The lowest BCUT2D eigenvalue weighted by Gasteiger charge is -2.15. The topological polar surface area (TPSA) is 293 Å². The molecule has 0 spiro atoms. The number of nitrogens with one attached hydrogen (secondary N) is 2. The van der Waals surface area contributed by atoms with Gasteiger partial charge in [-0.1, -0.05) is 84.9 Å². The molecule has 0 aliphatic rings. The number of aryl methyl sites for hydroxylation is 1. The van der Waals surface area contributed by atoms with Crippen molar-refractivity contribution in [2.45, 2.75) is 39.3 Å². The molecule has 0 aliphatic heterocycles. The number of hydrogen-bond donors (Lipinski definition) is 6. The standard InChI is InChI=1S/C50H38N2O15S4/c1-29-25-40-44(69(59,60)61)24-22-42(48(40)46(26-29)71(65,66)67)52-50(55)33-19-15-31(16-20-33)38-10-5-3-8-35(38)28-36(53)27-34-7-2-4-9-37(34)30-13-17-32(18-14-30)49(54)51-41-21-23-43(68(56,57)58)39-11-6-12-45(47(39)41)70(62,63)64/h2-26H,27-28H2,1H3,(H,51,54)(H,52,55)(H,56,57,58)(H,59,60,61)(H,62,63,64)(H,65,66,67). The van der Waals surface area contributed by atoms with Gasteiger partial charge in [0.05, 0.1) is 11.4 Å². The summed E-state index contributed by atoms with van der Waals surface area (Å²) in [5, 5.41) is 3.97. The van der Waals surface area contributed by atoms with Crippen LogP contribution in [0.3, 0.4) is 0 Å². The largest absolute Gasteiger partial charge is 0.321 e. The second-order valence-corrected chi connectivity index (χ2v) is 21.8. The van der Waals surface area contributed by atoms with Crippen LogP contribution in [-0.2, 0) is 58.1 Å². The highest BCUT2D eigenvalue weighted by Crippen LogP contribution is 2.38. The van der Waals surface area contributed by atoms with Crippen molar-refractivity contribution in [1.29, 1.82) is 0 Å². The van der Waals surface area contributed by atoms with E-state index >= 15 is 0 Å². The number of amides is 2. The van der Waals surface area contributed by atoms with Gasteiger partial charge in [-0.25, -0.2) is 0 Å². The predicted molar refractivity (Wildman–Crippen MR) is 264 cm³/mol. The van der Waals surface area contributed by atoms with Gasteiger partial charge in [-0.05, 0) is 113 Å². The quantitative estimate of drug-likeness (QED) is 0.0557. The molecule has 0 aliphatic carbocycles. The van der Waals surface area contributed by atoms with Crippen LogP contribution >= 0.6 is 0 Å². The summed E-state index contributed by atoms with van der Waals surface area (Å²) in [4.78, 5) is 38.2. The van der Waals surface area contributed by atoms with Crippen molar-refractivity contribution in [2.75, 3.05) is 10.6 Å². The van der Waals surface area contributed by atoms with Gasteiger partial charge in [-0.3, -0.25) is 32.6 Å². The zero-order valence-corrected chi connectivity index (χ0v) is 40.0. The SMILES string of the molecule is Cc1cc(S(=O)(=O)O)c2c(NC(=O)c3ccc(-c4ccccc4CC(=O)Cc4ccccc4-c4ccc(C(=O)Nc5ccc(S(=O)(=O)O)c6cccc(S(=O)(=O)O)c56)cc4)cc3)ccc(S(=O)(=O)O)c2c1. The number of fused-ring (bicyclic) bond motifs is 2. The van der Waals surface area contributed by atoms with Gasteiger partial charge < -0.3 is 10.6 Å². The second kappa shape index (κ2) is 19.0. The maximum Gasteiger partial charge on any atom is 0.295 e. The fraction of sp³-hybridized carbons (Fsp3) is 0.0600. The molecule has 8 aromatic rings. The molecule has 8 rings (SSSR count). The Morgan fingerprint density at radius 2 is 0.831 bits per heavy atom. The monoisotopic (exact) mass is 1030 g/mol. The molecule has 362 valence electrons. The van der Waals surface area contributed by atoms with E-state index in [1.807, 2.05) is 12.1 Å². The first-order chi connectivity index (χ1) is 33.4. The van der Waals surface area contributed by atoms with Crippen LogP contribution < -0.4 is 10.6 Å². The number of hydrogen-bond acceptors (Lipinski definition) is 11. The molecule has 0 aromatic heterocycles. The molecule has 0 saturated carbocycles. The summed E-state index contributed by atoms with van der Waals surface area (Å²) in [6.07, 6.45) is 0.0423. The third-order valence-electron chi connectivity index (χ3n) is 11.5. The maximum absolute atomic E-state index is 13.8. The Morgan fingerprint density at radius 1 is 0.423 bits per heavy atom. The van der Waals surface area contributed by atoms with Crippen LogP contribution in [0.15, 0.2) is 171 Å². The lowest BCUT2D eigenvalue weighted by Crippen LogP contribution is -2.14. The number of carbonyl (C=O) groups is 3. The molecule has 0 unspecified atom stereocenters. The fourth-order valence-corrected chi connectivity index (χ4v) is 11.3. The van der Waals surface area contributed by atoms with Gasteiger partial charge in [0.1, 0.15) is 25.4 Å². The summed E-state index contributed by atoms with van der Waals surface area (Å²) < 4.78 is 138. The van der Waals surface area contributed by atoms with E-state index < -0.39 is 71.9 Å². The molecule has 71 heavy (non-hydrogen) atoms. The molecule has 0 radical (unpaired) electrons. The van der Waals surface area contributed by atoms with E-state index in [1.165, 1.54) is 49.4 Å². The first-order valence-electron chi connectivity index (χ1n) is 20.9. The van der Waals surface area contributed by atoms with E-state index in [2.05, 4.69) is 10.6 Å². The highest BCUT2D eigenvalue weighted by Gasteiger charge is 2.26. The van der Waals surface area contributed by atoms with E-state index in [-0.39, 0.29) is 68.2 Å². The Morgan fingerprint density at radius 3 is 1.27 bits per heavy atom. The fourth-order valence-electron chi connectivity index (χ4n) is 8.37. The highest BCUT2D eigenvalue weighted by molar-refractivity contribution is 7.87. The van der Waals surface area contributed by atoms with Gasteiger partial charge in [0.25, 0.3) is 52.3 Å². The molecule has 17 nitrogen and oxygen atoms in total. The van der Waals surface area contributed by atoms with Gasteiger partial charge >= 0.3 is 0 Å². The molecule has 0 bridgehead atoms. The molecule has 0 atom stereocenters. The number of carbonyl (C=O) groups excluding carboxylic acids is 3. The zero-order valence-electron chi connectivity index (χ0n) is 36.8. The summed E-state index contributed by atoms with van der Waals surface area (Å²) in [5.74, 6) is -1.56. The van der Waals surface area contributed by atoms with E-state index in [1.54, 1.807) is 60.7 Å². The van der Waals surface area contributed by atoms with E-state index in [0.717, 1.165) is 36.4 Å². The Labute approximate surface area is 406 Å². The van der Waals surface area contributed by atoms with Crippen LogP contribution in [0.1, 0.15) is 37.4 Å². The van der Waals surface area contributed by atoms with Crippen molar-refractivity contribution >= 4 is 91.0 Å². The predicted octanol–water partition coefficient (Wildman–Crippen LogP) is 8.48. The molecule has 6 N–H and O–H groups in total. The van der Waals surface area contributed by atoms with Gasteiger partial charge in [-0.2, -0.15) is 33.7 Å². The Balaban J connectivity index is 0.985. The van der Waals surface area contributed by atoms with Crippen molar-refractivity contribution in [3.8, 4) is 22.3 Å². The van der Waals surface area contributed by atoms with Crippen molar-refractivity contribution in [1.82, 2.24) is 0 Å². The Hall–Kier alpha value is -7.47. The molecule has 0 heterocycles. The average Bonchev–Trinajstić information content (AvgIpc) is 3.30. The van der Waals surface area contributed by atoms with Crippen LogP contribution in [0.2, 0.25) is 0 Å². The van der Waals surface area contributed by atoms with Crippen molar-refractivity contribution in [3.63, 3.8) is 0 Å². The first-order valence-corrected chi connectivity index (χ1v) is 26.7. The normalized spacial score (nSPS) is 12.2. The van der Waals surface area contributed by atoms with Crippen LogP contribution in [0.5, 0.6) is 0 Å². The van der Waals surface area contributed by atoms with Crippen molar-refractivity contribution < 1.29 is 66.3 Å². The van der Waals surface area contributed by atoms with Gasteiger partial charge in [0, 0.05) is 45.5 Å². The maximum atomic E-state index is 13.8. The van der Waals surface area contributed by atoms with Crippen molar-refractivity contribution in [3.05, 3.63) is 179 Å². The highest BCUT2D eigenvalue weighted by atomic mass is 32.2. The third kappa shape index (κ3) is 10.7. The molecule has 0 saturated heterocycles. The van der Waals surface area contributed by atoms with Gasteiger partial charge in [0.15, 0.2) is 0 Å². The summed E-state index contributed by atoms with van der Waals surface area (Å²) in [5.41, 5.74) is 4.27. The minimum absolute atomic E-state index is 0.0211.